The number of benzene rings is 1. The second-order valence-electron chi connectivity index (χ2n) is 4.84. The molecule has 1 fully saturated rings. The zero-order valence-electron chi connectivity index (χ0n) is 11.2. The van der Waals surface area contributed by atoms with Gasteiger partial charge >= 0.3 is 0 Å². The Morgan fingerprint density at radius 2 is 2.32 bits per heavy atom. The van der Waals surface area contributed by atoms with E-state index in [9.17, 15) is 9.90 Å². The first-order valence-corrected chi connectivity index (χ1v) is 6.51. The molecule has 1 saturated carbocycles. The maximum absolute atomic E-state index is 12.2. The highest BCUT2D eigenvalue weighted by molar-refractivity contribution is 5.96. The summed E-state index contributed by atoms with van der Waals surface area (Å²) in [7, 11) is 0. The first kappa shape index (κ1) is 13.8. The summed E-state index contributed by atoms with van der Waals surface area (Å²) in [5, 5.41) is 12.5. The topological polar surface area (TPSA) is 84.6 Å². The molecule has 0 spiro atoms. The van der Waals surface area contributed by atoms with Crippen LogP contribution in [0.3, 0.4) is 0 Å². The minimum Gasteiger partial charge on any atom is -0.508 e. The zero-order valence-corrected chi connectivity index (χ0v) is 11.2. The van der Waals surface area contributed by atoms with E-state index in [1.165, 1.54) is 0 Å². The van der Waals surface area contributed by atoms with Gasteiger partial charge in [0.2, 0.25) is 0 Å². The van der Waals surface area contributed by atoms with Crippen LogP contribution in [0.15, 0.2) is 18.2 Å². The zero-order chi connectivity index (χ0) is 14.0. The van der Waals surface area contributed by atoms with Crippen LogP contribution in [0.1, 0.15) is 29.3 Å². The Hall–Kier alpha value is -1.59. The number of aromatic hydroxyl groups is 1. The third kappa shape index (κ3) is 2.72. The molecule has 0 aromatic heterocycles. The predicted molar refractivity (Wildman–Crippen MR) is 72.1 cm³/mol. The lowest BCUT2D eigenvalue weighted by Crippen LogP contribution is -2.64. The van der Waals surface area contributed by atoms with Gasteiger partial charge in [0.1, 0.15) is 5.75 Å². The van der Waals surface area contributed by atoms with Crippen molar-refractivity contribution in [1.82, 2.24) is 5.32 Å². The van der Waals surface area contributed by atoms with Crippen molar-refractivity contribution in [3.05, 3.63) is 29.3 Å². The van der Waals surface area contributed by atoms with Crippen LogP contribution in [0.4, 0.5) is 0 Å². The lowest BCUT2D eigenvalue weighted by Gasteiger charge is -2.42. The Morgan fingerprint density at radius 3 is 2.95 bits per heavy atom. The molecule has 1 amide bonds. The molecule has 0 saturated heterocycles. The number of hydrogen-bond acceptors (Lipinski definition) is 4. The van der Waals surface area contributed by atoms with E-state index in [4.69, 9.17) is 10.5 Å². The summed E-state index contributed by atoms with van der Waals surface area (Å²) in [6.45, 7) is 4.24. The number of amides is 1. The number of rotatable bonds is 4. The van der Waals surface area contributed by atoms with Crippen LogP contribution in [0.5, 0.6) is 5.75 Å². The van der Waals surface area contributed by atoms with E-state index in [1.807, 2.05) is 6.92 Å². The lowest BCUT2D eigenvalue weighted by molar-refractivity contribution is -0.0300. The third-order valence-corrected chi connectivity index (χ3v) is 3.59. The maximum atomic E-state index is 12.2. The second kappa shape index (κ2) is 5.59. The van der Waals surface area contributed by atoms with Gasteiger partial charge in [-0.25, -0.2) is 0 Å². The van der Waals surface area contributed by atoms with Gasteiger partial charge in [-0.2, -0.15) is 0 Å². The minimum atomic E-state index is -0.224. The van der Waals surface area contributed by atoms with Crippen LogP contribution in [0.2, 0.25) is 0 Å². The van der Waals surface area contributed by atoms with Gasteiger partial charge in [-0.15, -0.1) is 0 Å². The molecule has 2 rings (SSSR count). The van der Waals surface area contributed by atoms with E-state index < -0.39 is 0 Å². The number of carbonyl (C=O) groups is 1. The first-order valence-electron chi connectivity index (χ1n) is 6.51. The molecule has 0 radical (unpaired) electrons. The van der Waals surface area contributed by atoms with Crippen LogP contribution in [0, 0.1) is 6.92 Å². The van der Waals surface area contributed by atoms with Gasteiger partial charge in [-0.05, 0) is 32.4 Å². The number of nitrogens with two attached hydrogens (primary N) is 1. The minimum absolute atomic E-state index is 0.0124. The molecular weight excluding hydrogens is 244 g/mol. The summed E-state index contributed by atoms with van der Waals surface area (Å²) in [6, 6.07) is 4.67. The SMILES string of the molecule is CCOC1CC(N)C1NC(=O)c1cccc(O)c1C. The Balaban J connectivity index is 2.06. The average Bonchev–Trinajstić information content (AvgIpc) is 2.39. The van der Waals surface area contributed by atoms with Crippen molar-refractivity contribution < 1.29 is 14.6 Å². The van der Waals surface area contributed by atoms with Crippen molar-refractivity contribution in [1.29, 1.82) is 0 Å². The smallest absolute Gasteiger partial charge is 0.252 e. The van der Waals surface area contributed by atoms with Crippen LogP contribution in [-0.4, -0.2) is 35.8 Å². The summed E-state index contributed by atoms with van der Waals surface area (Å²) >= 11 is 0. The number of hydrogen-bond donors (Lipinski definition) is 3. The van der Waals surface area contributed by atoms with E-state index in [2.05, 4.69) is 5.32 Å². The molecule has 104 valence electrons. The van der Waals surface area contributed by atoms with Crippen LogP contribution in [-0.2, 0) is 4.74 Å². The fraction of sp³-hybridized carbons (Fsp3) is 0.500. The fourth-order valence-corrected chi connectivity index (χ4v) is 2.33. The van der Waals surface area contributed by atoms with Crippen LogP contribution >= 0.6 is 0 Å². The van der Waals surface area contributed by atoms with Gasteiger partial charge in [-0.3, -0.25) is 4.79 Å². The summed E-state index contributed by atoms with van der Waals surface area (Å²) in [5.41, 5.74) is 6.93. The summed E-state index contributed by atoms with van der Waals surface area (Å²) in [5.74, 6) is -0.106. The molecule has 1 aliphatic rings. The molecular formula is C14H20N2O3. The molecule has 5 heteroatoms. The molecule has 1 aromatic carbocycles. The van der Waals surface area contributed by atoms with E-state index in [0.29, 0.717) is 17.7 Å². The lowest BCUT2D eigenvalue weighted by atomic mass is 9.83. The molecule has 0 bridgehead atoms. The van der Waals surface area contributed by atoms with Crippen molar-refractivity contribution in [2.75, 3.05) is 6.61 Å². The van der Waals surface area contributed by atoms with Crippen LogP contribution in [0.25, 0.3) is 0 Å². The molecule has 19 heavy (non-hydrogen) atoms. The Labute approximate surface area is 112 Å². The molecule has 1 aliphatic carbocycles. The second-order valence-corrected chi connectivity index (χ2v) is 4.84. The van der Waals surface area contributed by atoms with Crippen molar-refractivity contribution in [2.24, 2.45) is 5.73 Å². The van der Waals surface area contributed by atoms with Crippen LogP contribution < -0.4 is 11.1 Å². The quantitative estimate of drug-likeness (QED) is 0.755. The summed E-state index contributed by atoms with van der Waals surface area (Å²) in [4.78, 5) is 12.2. The van der Waals surface area contributed by atoms with Gasteiger partial charge in [0.05, 0.1) is 12.1 Å². The third-order valence-electron chi connectivity index (χ3n) is 3.59. The van der Waals surface area contributed by atoms with Crippen molar-refractivity contribution >= 4 is 5.91 Å². The van der Waals surface area contributed by atoms with E-state index >= 15 is 0 Å². The molecule has 3 unspecified atom stereocenters. The number of ether oxygens (including phenoxy) is 1. The van der Waals surface area contributed by atoms with E-state index in [1.54, 1.807) is 25.1 Å². The molecule has 1 aromatic rings. The van der Waals surface area contributed by atoms with Gasteiger partial charge in [0.15, 0.2) is 0 Å². The molecule has 3 atom stereocenters. The van der Waals surface area contributed by atoms with Gasteiger partial charge < -0.3 is 20.9 Å². The Kier molecular flexibility index (Phi) is 4.07. The molecule has 0 aliphatic heterocycles. The maximum Gasteiger partial charge on any atom is 0.252 e. The van der Waals surface area contributed by atoms with Gasteiger partial charge in [-0.1, -0.05) is 6.07 Å². The first-order chi connectivity index (χ1) is 9.04. The number of phenolic OH excluding ortho intramolecular Hbond substituents is 1. The molecule has 4 N–H and O–H groups in total. The standard InChI is InChI=1S/C14H20N2O3/c1-3-19-12-7-10(15)13(12)16-14(18)9-5-4-6-11(17)8(9)2/h4-6,10,12-13,17H,3,7,15H2,1-2H3,(H,16,18). The Bertz CT molecular complexity index is 474. The number of carbonyl (C=O) groups excluding carboxylic acids is 1. The molecule has 0 heterocycles. The van der Waals surface area contributed by atoms with Gasteiger partial charge in [0, 0.05) is 23.8 Å². The highest BCUT2D eigenvalue weighted by Crippen LogP contribution is 2.24. The van der Waals surface area contributed by atoms with Crippen molar-refractivity contribution in [3.63, 3.8) is 0 Å². The average molecular weight is 264 g/mol. The van der Waals surface area contributed by atoms with E-state index in [0.717, 1.165) is 6.42 Å². The van der Waals surface area contributed by atoms with Gasteiger partial charge in [0.25, 0.3) is 5.91 Å². The van der Waals surface area contributed by atoms with Crippen molar-refractivity contribution in [3.8, 4) is 5.75 Å². The predicted octanol–water partition coefficient (Wildman–Crippen LogP) is 0.935. The number of nitrogens with one attached hydrogen (secondary N) is 1. The highest BCUT2D eigenvalue weighted by Gasteiger charge is 2.40. The Morgan fingerprint density at radius 1 is 1.58 bits per heavy atom. The normalized spacial score (nSPS) is 25.7. The van der Waals surface area contributed by atoms with Crippen molar-refractivity contribution in [2.45, 2.75) is 38.5 Å². The molecule has 5 nitrogen and oxygen atoms in total. The van der Waals surface area contributed by atoms with E-state index in [-0.39, 0.29) is 29.8 Å². The summed E-state index contributed by atoms with van der Waals surface area (Å²) in [6.07, 6.45) is 0.749. The highest BCUT2D eigenvalue weighted by atomic mass is 16.5. The largest absolute Gasteiger partial charge is 0.508 e. The monoisotopic (exact) mass is 264 g/mol. The summed E-state index contributed by atoms with van der Waals surface area (Å²) < 4.78 is 5.51. The fourth-order valence-electron chi connectivity index (χ4n) is 2.33. The number of phenols is 1.